The van der Waals surface area contributed by atoms with Crippen LogP contribution in [0.4, 0.5) is 4.79 Å². The van der Waals surface area contributed by atoms with E-state index in [1.165, 1.54) is 16.7 Å². The molecule has 1 amide bonds. The first kappa shape index (κ1) is 18.3. The molecule has 0 spiro atoms. The number of thioether (sulfide) groups is 1. The average Bonchev–Trinajstić information content (AvgIpc) is 2.95. The van der Waals surface area contributed by atoms with E-state index in [0.29, 0.717) is 13.1 Å². The smallest absolute Gasteiger partial charge is 0.409 e. The monoisotopic (exact) mass is 347 g/mol. The van der Waals surface area contributed by atoms with Crippen molar-refractivity contribution in [1.29, 1.82) is 0 Å². The number of hydrogen-bond donors (Lipinski definition) is 2. The van der Waals surface area contributed by atoms with Crippen molar-refractivity contribution in [3.8, 4) is 0 Å². The third-order valence-corrected chi connectivity index (χ3v) is 5.23. The van der Waals surface area contributed by atoms with E-state index in [2.05, 4.69) is 4.99 Å². The molecule has 0 aromatic rings. The number of hydrogen-bond acceptors (Lipinski definition) is 8. The summed E-state index contributed by atoms with van der Waals surface area (Å²) in [6, 6.07) is -0.512. The van der Waals surface area contributed by atoms with Crippen LogP contribution in [0.1, 0.15) is 13.8 Å². The molecule has 2 N–H and O–H groups in total. The number of ether oxygens (including phenoxy) is 2. The standard InChI is InChI=1S/C14H25N3O5S/c1-5-17(6-2)14(20)21-7-8-10(18)11(19)9-12(22-8)23-13(15-9)16(3)4/h8-12,18-19H,5-7H2,1-4H3/t8-,9-,10+,11-,12-/m1/s1. The number of aliphatic hydroxyl groups is 2. The predicted octanol–water partition coefficient (Wildman–Crippen LogP) is -0.0555. The molecular formula is C14H25N3O5S. The molecule has 9 heteroatoms. The van der Waals surface area contributed by atoms with Crippen LogP contribution in [-0.4, -0.2) is 94.9 Å². The topological polar surface area (TPSA) is 94.8 Å². The van der Waals surface area contributed by atoms with E-state index in [4.69, 9.17) is 9.47 Å². The number of amides is 1. The van der Waals surface area contributed by atoms with Crippen LogP contribution in [0.3, 0.4) is 0 Å². The lowest BCUT2D eigenvalue weighted by Crippen LogP contribution is -2.56. The van der Waals surface area contributed by atoms with Crippen molar-refractivity contribution in [2.24, 2.45) is 4.99 Å². The van der Waals surface area contributed by atoms with Crippen molar-refractivity contribution in [1.82, 2.24) is 9.80 Å². The SMILES string of the molecule is CCN(CC)C(=O)OC[C@H]1O[C@@H]2SC(N(C)C)=N[C@@H]2[C@@H](O)[C@H]1O. The molecule has 0 radical (unpaired) electrons. The van der Waals surface area contributed by atoms with E-state index in [1.807, 2.05) is 32.8 Å². The van der Waals surface area contributed by atoms with E-state index in [0.717, 1.165) is 5.17 Å². The van der Waals surface area contributed by atoms with Gasteiger partial charge in [-0.1, -0.05) is 11.8 Å². The fourth-order valence-electron chi connectivity index (χ4n) is 2.50. The Morgan fingerprint density at radius 3 is 2.52 bits per heavy atom. The normalized spacial score (nSPS) is 33.0. The van der Waals surface area contributed by atoms with Crippen molar-refractivity contribution in [3.63, 3.8) is 0 Å². The van der Waals surface area contributed by atoms with E-state index < -0.39 is 30.4 Å². The largest absolute Gasteiger partial charge is 0.447 e. The molecule has 2 heterocycles. The zero-order valence-corrected chi connectivity index (χ0v) is 14.7. The molecule has 23 heavy (non-hydrogen) atoms. The number of aliphatic hydroxyl groups excluding tert-OH is 2. The lowest BCUT2D eigenvalue weighted by atomic mass is 9.99. The maximum atomic E-state index is 11.9. The summed E-state index contributed by atoms with van der Waals surface area (Å²) < 4.78 is 11.0. The van der Waals surface area contributed by atoms with Gasteiger partial charge in [-0.3, -0.25) is 4.99 Å². The molecular weight excluding hydrogens is 322 g/mol. The van der Waals surface area contributed by atoms with E-state index in [9.17, 15) is 15.0 Å². The first-order chi connectivity index (χ1) is 10.9. The van der Waals surface area contributed by atoms with Gasteiger partial charge in [-0.25, -0.2) is 4.79 Å². The van der Waals surface area contributed by atoms with Gasteiger partial charge in [0.15, 0.2) is 5.17 Å². The highest BCUT2D eigenvalue weighted by Crippen LogP contribution is 2.37. The molecule has 0 aliphatic carbocycles. The van der Waals surface area contributed by atoms with Gasteiger partial charge in [-0.2, -0.15) is 0 Å². The third-order valence-electron chi connectivity index (χ3n) is 3.92. The van der Waals surface area contributed by atoms with Gasteiger partial charge in [0.1, 0.15) is 36.4 Å². The second-order valence-corrected chi connectivity index (χ2v) is 6.75. The zero-order valence-electron chi connectivity index (χ0n) is 13.9. The summed E-state index contributed by atoms with van der Waals surface area (Å²) >= 11 is 1.39. The first-order valence-electron chi connectivity index (χ1n) is 7.74. The lowest BCUT2D eigenvalue weighted by molar-refractivity contribution is -0.165. The Hall–Kier alpha value is -1.03. The summed E-state index contributed by atoms with van der Waals surface area (Å²) in [5, 5.41) is 21.2. The molecule has 2 aliphatic rings. The zero-order chi connectivity index (χ0) is 17.1. The van der Waals surface area contributed by atoms with E-state index in [1.54, 1.807) is 0 Å². The van der Waals surface area contributed by atoms with Gasteiger partial charge in [-0.15, -0.1) is 0 Å². The summed E-state index contributed by atoms with van der Waals surface area (Å²) in [5.74, 6) is 0. The maximum absolute atomic E-state index is 11.9. The van der Waals surface area contributed by atoms with Gasteiger partial charge >= 0.3 is 6.09 Å². The second-order valence-electron chi connectivity index (χ2n) is 5.69. The van der Waals surface area contributed by atoms with Crippen molar-refractivity contribution >= 4 is 23.0 Å². The van der Waals surface area contributed by atoms with Gasteiger partial charge in [0, 0.05) is 27.2 Å². The summed E-state index contributed by atoms with van der Waals surface area (Å²) in [4.78, 5) is 19.6. The van der Waals surface area contributed by atoms with Crippen LogP contribution < -0.4 is 0 Å². The van der Waals surface area contributed by atoms with E-state index in [-0.39, 0.29) is 12.0 Å². The highest BCUT2D eigenvalue weighted by atomic mass is 32.2. The van der Waals surface area contributed by atoms with Crippen LogP contribution in [0, 0.1) is 0 Å². The van der Waals surface area contributed by atoms with Crippen LogP contribution >= 0.6 is 11.8 Å². The Kier molecular flexibility index (Phi) is 6.12. The van der Waals surface area contributed by atoms with Gasteiger partial charge in [0.2, 0.25) is 0 Å². The number of aliphatic imine (C=N–C) groups is 1. The van der Waals surface area contributed by atoms with Crippen molar-refractivity contribution < 1.29 is 24.5 Å². The predicted molar refractivity (Wildman–Crippen MR) is 87.4 cm³/mol. The molecule has 1 fully saturated rings. The van der Waals surface area contributed by atoms with Crippen LogP contribution in [0.2, 0.25) is 0 Å². The van der Waals surface area contributed by atoms with Gasteiger partial charge in [0.25, 0.3) is 0 Å². The van der Waals surface area contributed by atoms with Crippen LogP contribution in [0.15, 0.2) is 4.99 Å². The average molecular weight is 347 g/mol. The molecule has 2 aliphatic heterocycles. The third kappa shape index (κ3) is 3.90. The molecule has 5 atom stereocenters. The highest BCUT2D eigenvalue weighted by molar-refractivity contribution is 8.14. The number of carbonyl (C=O) groups is 1. The number of carbonyl (C=O) groups excluding carboxylic acids is 1. The van der Waals surface area contributed by atoms with Crippen molar-refractivity contribution in [3.05, 3.63) is 0 Å². The summed E-state index contributed by atoms with van der Waals surface area (Å²) in [6.07, 6.45) is -3.41. The minimum absolute atomic E-state index is 0.103. The number of rotatable bonds is 4. The van der Waals surface area contributed by atoms with E-state index >= 15 is 0 Å². The Bertz CT molecular complexity index is 458. The molecule has 0 bridgehead atoms. The summed E-state index contributed by atoms with van der Waals surface area (Å²) in [6.45, 7) is 4.72. The van der Waals surface area contributed by atoms with Crippen LogP contribution in [0.5, 0.6) is 0 Å². The molecule has 0 unspecified atom stereocenters. The fraction of sp³-hybridized carbons (Fsp3) is 0.857. The Morgan fingerprint density at radius 1 is 1.30 bits per heavy atom. The number of nitrogens with zero attached hydrogens (tertiary/aromatic N) is 3. The maximum Gasteiger partial charge on any atom is 0.409 e. The molecule has 0 aromatic carbocycles. The van der Waals surface area contributed by atoms with Crippen LogP contribution in [-0.2, 0) is 9.47 Å². The molecule has 0 saturated carbocycles. The number of amidine groups is 1. The quantitative estimate of drug-likeness (QED) is 0.736. The van der Waals surface area contributed by atoms with Crippen LogP contribution in [0.25, 0.3) is 0 Å². The molecule has 1 saturated heterocycles. The lowest BCUT2D eigenvalue weighted by Gasteiger charge is -2.38. The first-order valence-corrected chi connectivity index (χ1v) is 8.62. The fourth-order valence-corrected chi connectivity index (χ4v) is 3.66. The van der Waals surface area contributed by atoms with Crippen molar-refractivity contribution in [2.45, 2.75) is 43.6 Å². The molecule has 0 aromatic heterocycles. The summed E-state index contributed by atoms with van der Waals surface area (Å²) in [5.41, 5.74) is -0.386. The van der Waals surface area contributed by atoms with Crippen molar-refractivity contribution in [2.75, 3.05) is 33.8 Å². The summed E-state index contributed by atoms with van der Waals surface area (Å²) in [7, 11) is 3.71. The highest BCUT2D eigenvalue weighted by Gasteiger charge is 2.48. The molecule has 8 nitrogen and oxygen atoms in total. The molecule has 2 rings (SSSR count). The number of fused-ring (bicyclic) bond motifs is 1. The Morgan fingerprint density at radius 2 is 1.96 bits per heavy atom. The second kappa shape index (κ2) is 7.69. The minimum Gasteiger partial charge on any atom is -0.447 e. The van der Waals surface area contributed by atoms with Gasteiger partial charge < -0.3 is 29.5 Å². The van der Waals surface area contributed by atoms with Gasteiger partial charge in [-0.05, 0) is 13.8 Å². The molecule has 132 valence electrons. The Balaban J connectivity index is 1.95. The Labute approximate surface area is 140 Å². The minimum atomic E-state index is -1.15. The van der Waals surface area contributed by atoms with Gasteiger partial charge in [0.05, 0.1) is 0 Å².